The topological polar surface area (TPSA) is 0 Å². The van der Waals surface area contributed by atoms with Crippen LogP contribution >= 0.6 is 22.6 Å². The molecule has 2 heteroatoms. The molecule has 0 nitrogen and oxygen atoms in total. The maximum absolute atomic E-state index is 13.9. The van der Waals surface area contributed by atoms with Gasteiger partial charge >= 0.3 is 0 Å². The van der Waals surface area contributed by atoms with Gasteiger partial charge in [0, 0.05) is 22.6 Å². The Hall–Kier alpha value is -0.560. The lowest BCUT2D eigenvalue weighted by molar-refractivity contribution is 0.308. The third-order valence-electron chi connectivity index (χ3n) is 4.19. The summed E-state index contributed by atoms with van der Waals surface area (Å²) in [5, 5.41) is 0. The van der Waals surface area contributed by atoms with Crippen molar-refractivity contribution >= 4 is 22.6 Å². The molecular formula is C17H20FI. The summed E-state index contributed by atoms with van der Waals surface area (Å²) >= 11 is 1.94. The summed E-state index contributed by atoms with van der Waals surface area (Å²) in [7, 11) is 0. The van der Waals surface area contributed by atoms with E-state index >= 15 is 0 Å². The van der Waals surface area contributed by atoms with Crippen LogP contribution in [0.1, 0.15) is 62.5 Å². The van der Waals surface area contributed by atoms with Crippen LogP contribution in [0, 0.1) is 21.6 Å². The molecule has 0 unspecified atom stereocenters. The zero-order chi connectivity index (χ0) is 13.7. The summed E-state index contributed by atoms with van der Waals surface area (Å²) in [5.74, 6) is 4.07. The second kappa shape index (κ2) is 7.28. The molecule has 0 bridgehead atoms. The minimum atomic E-state index is -0.169. The quantitative estimate of drug-likeness (QED) is 0.477. The average Bonchev–Trinajstić information content (AvgIpc) is 2.43. The van der Waals surface area contributed by atoms with Crippen LogP contribution in [0.25, 0.3) is 0 Å². The zero-order valence-electron chi connectivity index (χ0n) is 11.4. The second-order valence-corrected chi connectivity index (χ2v) is 6.00. The Morgan fingerprint density at radius 2 is 2.00 bits per heavy atom. The molecule has 0 N–H and O–H groups in total. The number of benzene rings is 1. The first-order chi connectivity index (χ1) is 9.24. The van der Waals surface area contributed by atoms with Gasteiger partial charge in [-0.05, 0) is 59.1 Å². The van der Waals surface area contributed by atoms with Crippen LogP contribution in [0.5, 0.6) is 0 Å². The lowest BCUT2D eigenvalue weighted by Gasteiger charge is -2.28. The maximum Gasteiger partial charge on any atom is 0.139 e. The molecule has 0 atom stereocenters. The third-order valence-corrected chi connectivity index (χ3v) is 4.46. The van der Waals surface area contributed by atoms with Crippen LogP contribution in [-0.2, 0) is 0 Å². The van der Waals surface area contributed by atoms with Crippen molar-refractivity contribution in [3.05, 3.63) is 35.1 Å². The Labute approximate surface area is 129 Å². The van der Waals surface area contributed by atoms with Gasteiger partial charge in [0.15, 0.2) is 0 Å². The Morgan fingerprint density at radius 1 is 1.26 bits per heavy atom. The van der Waals surface area contributed by atoms with Gasteiger partial charge in [0.05, 0.1) is 5.56 Å². The van der Waals surface area contributed by atoms with Crippen LogP contribution < -0.4 is 0 Å². The van der Waals surface area contributed by atoms with E-state index in [2.05, 4.69) is 22.8 Å². The van der Waals surface area contributed by atoms with Crippen LogP contribution in [0.15, 0.2) is 18.2 Å². The fourth-order valence-electron chi connectivity index (χ4n) is 3.13. The summed E-state index contributed by atoms with van der Waals surface area (Å²) < 4.78 is 16.6. The number of hydrogen-bond donors (Lipinski definition) is 0. The predicted octanol–water partition coefficient (Wildman–Crippen LogP) is 5.64. The van der Waals surface area contributed by atoms with Gasteiger partial charge in [-0.3, -0.25) is 0 Å². The summed E-state index contributed by atoms with van der Waals surface area (Å²) in [6.45, 7) is 2.26. The normalized spacial score (nSPS) is 22.7. The smallest absolute Gasteiger partial charge is 0.139 e. The molecule has 1 aliphatic rings. The molecule has 1 aromatic rings. The lowest BCUT2D eigenvalue weighted by atomic mass is 9.77. The van der Waals surface area contributed by atoms with Gasteiger partial charge in [-0.1, -0.05) is 31.8 Å². The SMILES string of the molecule is CCC[C@H]1CC[C@H](c2ccc(C#CI)c(F)c2)CC1. The Morgan fingerprint density at radius 3 is 2.58 bits per heavy atom. The molecule has 102 valence electrons. The summed E-state index contributed by atoms with van der Waals surface area (Å²) in [6, 6.07) is 5.58. The van der Waals surface area contributed by atoms with E-state index in [0.29, 0.717) is 11.5 Å². The van der Waals surface area contributed by atoms with Crippen molar-refractivity contribution in [1.82, 2.24) is 0 Å². The first-order valence-corrected chi connectivity index (χ1v) is 8.23. The Balaban J connectivity index is 2.03. The number of halogens is 2. The minimum Gasteiger partial charge on any atom is -0.206 e. The lowest BCUT2D eigenvalue weighted by Crippen LogP contribution is -2.13. The maximum atomic E-state index is 13.9. The van der Waals surface area contributed by atoms with Gasteiger partial charge < -0.3 is 0 Å². The van der Waals surface area contributed by atoms with E-state index in [0.717, 1.165) is 11.5 Å². The van der Waals surface area contributed by atoms with E-state index in [9.17, 15) is 4.39 Å². The van der Waals surface area contributed by atoms with Gasteiger partial charge in [-0.15, -0.1) is 0 Å². The fraction of sp³-hybridized carbons (Fsp3) is 0.529. The van der Waals surface area contributed by atoms with Gasteiger partial charge in [-0.2, -0.15) is 0 Å². The van der Waals surface area contributed by atoms with Crippen LogP contribution in [0.3, 0.4) is 0 Å². The van der Waals surface area contributed by atoms with E-state index in [1.165, 1.54) is 38.5 Å². The standard InChI is InChI=1S/C17H20FI/c1-2-3-13-4-6-14(7-5-13)16-9-8-15(10-11-19)17(18)12-16/h8-9,12-14H,2-7H2,1H3/t13-,14-. The average molecular weight is 370 g/mol. The Bertz CT molecular complexity index is 476. The molecular weight excluding hydrogens is 350 g/mol. The van der Waals surface area contributed by atoms with Crippen molar-refractivity contribution in [3.8, 4) is 9.85 Å². The highest BCUT2D eigenvalue weighted by molar-refractivity contribution is 14.1. The van der Waals surface area contributed by atoms with Crippen molar-refractivity contribution in [2.75, 3.05) is 0 Å². The molecule has 1 aromatic carbocycles. The monoisotopic (exact) mass is 370 g/mol. The minimum absolute atomic E-state index is 0.169. The molecule has 0 aromatic heterocycles. The largest absolute Gasteiger partial charge is 0.206 e. The van der Waals surface area contributed by atoms with E-state index in [4.69, 9.17) is 0 Å². The molecule has 19 heavy (non-hydrogen) atoms. The van der Waals surface area contributed by atoms with Crippen molar-refractivity contribution in [2.24, 2.45) is 5.92 Å². The van der Waals surface area contributed by atoms with Crippen LogP contribution in [0.2, 0.25) is 0 Å². The number of hydrogen-bond acceptors (Lipinski definition) is 0. The van der Waals surface area contributed by atoms with Crippen molar-refractivity contribution in [1.29, 1.82) is 0 Å². The second-order valence-electron chi connectivity index (χ2n) is 5.47. The van der Waals surface area contributed by atoms with Gasteiger partial charge in [0.2, 0.25) is 0 Å². The highest BCUT2D eigenvalue weighted by atomic mass is 127. The number of rotatable bonds is 3. The zero-order valence-corrected chi connectivity index (χ0v) is 13.5. The molecule has 2 rings (SSSR count). The Kier molecular flexibility index (Phi) is 5.69. The highest BCUT2D eigenvalue weighted by Crippen LogP contribution is 2.37. The first kappa shape index (κ1) is 14.8. The van der Waals surface area contributed by atoms with Crippen molar-refractivity contribution in [2.45, 2.75) is 51.4 Å². The summed E-state index contributed by atoms with van der Waals surface area (Å²) in [5.41, 5.74) is 1.67. The molecule has 0 spiro atoms. The third kappa shape index (κ3) is 3.95. The molecule has 0 saturated heterocycles. The van der Waals surface area contributed by atoms with E-state index in [1.807, 2.05) is 28.7 Å². The van der Waals surface area contributed by atoms with Crippen LogP contribution in [0.4, 0.5) is 4.39 Å². The van der Waals surface area contributed by atoms with E-state index in [-0.39, 0.29) is 5.82 Å². The highest BCUT2D eigenvalue weighted by Gasteiger charge is 2.22. The molecule has 0 aliphatic heterocycles. The predicted molar refractivity (Wildman–Crippen MR) is 86.9 cm³/mol. The van der Waals surface area contributed by atoms with Crippen molar-refractivity contribution < 1.29 is 4.39 Å². The summed E-state index contributed by atoms with van der Waals surface area (Å²) in [4.78, 5) is 0. The molecule has 1 fully saturated rings. The molecule has 1 saturated carbocycles. The van der Waals surface area contributed by atoms with Crippen LogP contribution in [-0.4, -0.2) is 0 Å². The molecule has 0 heterocycles. The van der Waals surface area contributed by atoms with E-state index in [1.54, 1.807) is 6.07 Å². The summed E-state index contributed by atoms with van der Waals surface area (Å²) in [6.07, 6.45) is 7.66. The van der Waals surface area contributed by atoms with Gasteiger partial charge in [0.25, 0.3) is 0 Å². The van der Waals surface area contributed by atoms with Gasteiger partial charge in [-0.25, -0.2) is 4.39 Å². The molecule has 0 radical (unpaired) electrons. The molecule has 1 aliphatic carbocycles. The first-order valence-electron chi connectivity index (χ1n) is 7.15. The van der Waals surface area contributed by atoms with Crippen molar-refractivity contribution in [3.63, 3.8) is 0 Å². The van der Waals surface area contributed by atoms with Gasteiger partial charge in [0.1, 0.15) is 5.82 Å². The van der Waals surface area contributed by atoms with E-state index < -0.39 is 0 Å². The fourth-order valence-corrected chi connectivity index (χ4v) is 3.42. The molecule has 0 amide bonds.